The summed E-state index contributed by atoms with van der Waals surface area (Å²) in [7, 11) is 0. The van der Waals surface area contributed by atoms with E-state index in [-0.39, 0.29) is 37.5 Å². The second-order valence-corrected chi connectivity index (χ2v) is 18.9. The number of carbonyl (C=O) groups is 3. The number of hydrogen-bond donors (Lipinski definition) is 0. The number of carbonyl (C=O) groups excluding carboxylic acids is 3. The van der Waals surface area contributed by atoms with Crippen LogP contribution in [0.5, 0.6) is 0 Å². The fraction of sp³-hybridized carbons (Fsp3) is 0.754. The van der Waals surface area contributed by atoms with Crippen molar-refractivity contribution in [2.24, 2.45) is 0 Å². The fourth-order valence-corrected chi connectivity index (χ4v) is 7.87. The fourth-order valence-electron chi connectivity index (χ4n) is 7.87. The van der Waals surface area contributed by atoms with Crippen molar-refractivity contribution in [1.82, 2.24) is 0 Å². The average molecular weight is 936 g/mol. The zero-order valence-corrected chi connectivity index (χ0v) is 44.2. The minimum absolute atomic E-state index is 0.0970. The van der Waals surface area contributed by atoms with Crippen molar-refractivity contribution in [3.63, 3.8) is 0 Å². The molecule has 6 heteroatoms. The van der Waals surface area contributed by atoms with Crippen molar-refractivity contribution < 1.29 is 28.6 Å². The van der Waals surface area contributed by atoms with E-state index < -0.39 is 6.10 Å². The van der Waals surface area contributed by atoms with Gasteiger partial charge in [0, 0.05) is 19.3 Å². The second kappa shape index (κ2) is 55.4. The number of ether oxygens (including phenoxy) is 3. The highest BCUT2D eigenvalue weighted by Crippen LogP contribution is 2.15. The molecule has 6 nitrogen and oxygen atoms in total. The van der Waals surface area contributed by atoms with Crippen molar-refractivity contribution in [1.29, 1.82) is 0 Å². The summed E-state index contributed by atoms with van der Waals surface area (Å²) in [6.45, 7) is 6.53. The molecule has 0 radical (unpaired) electrons. The molecule has 67 heavy (non-hydrogen) atoms. The van der Waals surface area contributed by atoms with Gasteiger partial charge in [-0.1, -0.05) is 235 Å². The Bertz CT molecular complexity index is 1260. The lowest BCUT2D eigenvalue weighted by molar-refractivity contribution is -0.166. The van der Waals surface area contributed by atoms with E-state index in [2.05, 4.69) is 87.6 Å². The van der Waals surface area contributed by atoms with Gasteiger partial charge in [0.2, 0.25) is 0 Å². The van der Waals surface area contributed by atoms with E-state index >= 15 is 0 Å². The van der Waals surface area contributed by atoms with E-state index in [1.54, 1.807) is 0 Å². The highest BCUT2D eigenvalue weighted by molar-refractivity contribution is 5.71. The highest BCUT2D eigenvalue weighted by atomic mass is 16.6. The summed E-state index contributed by atoms with van der Waals surface area (Å²) < 4.78 is 16.8. The molecule has 0 aromatic carbocycles. The van der Waals surface area contributed by atoms with Crippen molar-refractivity contribution >= 4 is 17.9 Å². The second-order valence-electron chi connectivity index (χ2n) is 18.9. The third-order valence-electron chi connectivity index (χ3n) is 12.2. The molecule has 0 aromatic rings. The average Bonchev–Trinajstić information content (AvgIpc) is 3.33. The minimum Gasteiger partial charge on any atom is -0.462 e. The van der Waals surface area contributed by atoms with Gasteiger partial charge < -0.3 is 14.2 Å². The summed E-state index contributed by atoms with van der Waals surface area (Å²) in [6.07, 6.45) is 70.4. The van der Waals surface area contributed by atoms with Gasteiger partial charge in [-0.2, -0.15) is 0 Å². The zero-order valence-electron chi connectivity index (χ0n) is 44.2. The summed E-state index contributed by atoms with van der Waals surface area (Å²) in [6, 6.07) is 0. The van der Waals surface area contributed by atoms with Crippen LogP contribution in [-0.2, 0) is 28.6 Å². The molecule has 1 unspecified atom stereocenters. The number of esters is 3. The van der Waals surface area contributed by atoms with Crippen molar-refractivity contribution in [3.05, 3.63) is 72.9 Å². The molecule has 386 valence electrons. The maximum atomic E-state index is 12.8. The van der Waals surface area contributed by atoms with Crippen LogP contribution in [0.3, 0.4) is 0 Å². The van der Waals surface area contributed by atoms with Gasteiger partial charge in [0.05, 0.1) is 0 Å². The first-order chi connectivity index (χ1) is 33.0. The molecule has 0 amide bonds. The molecule has 0 aliphatic carbocycles. The SMILES string of the molecule is CCCCC/C=C/C=C/CCCCCCCCCCCCC(=O)OCC(COC(=O)CC/C=C/C/C=C/CCCCCCCC)OC(=O)CCCCCCCCC/C=C/C/C=C/CCCCC. The number of unbranched alkanes of at least 4 members (excludes halogenated alkanes) is 29. The van der Waals surface area contributed by atoms with E-state index in [0.717, 1.165) is 64.2 Å². The molecular weight excluding hydrogens is 829 g/mol. The Balaban J connectivity index is 4.42. The Kier molecular flexibility index (Phi) is 52.8. The molecule has 0 spiro atoms. The normalized spacial score (nSPS) is 12.6. The summed E-state index contributed by atoms with van der Waals surface area (Å²) in [5.41, 5.74) is 0. The van der Waals surface area contributed by atoms with Gasteiger partial charge >= 0.3 is 17.9 Å². The van der Waals surface area contributed by atoms with E-state index in [1.165, 1.54) is 167 Å². The molecule has 0 saturated heterocycles. The van der Waals surface area contributed by atoms with E-state index in [9.17, 15) is 14.4 Å². The summed E-state index contributed by atoms with van der Waals surface area (Å²) in [5, 5.41) is 0. The predicted octanol–water partition coefficient (Wildman–Crippen LogP) is 19.0. The number of rotatable bonds is 51. The first-order valence-electron chi connectivity index (χ1n) is 28.5. The van der Waals surface area contributed by atoms with E-state index in [1.807, 2.05) is 6.08 Å². The van der Waals surface area contributed by atoms with Crippen LogP contribution in [0.4, 0.5) is 0 Å². The van der Waals surface area contributed by atoms with Gasteiger partial charge in [0.15, 0.2) is 6.10 Å². The molecular formula is C61H106O6. The lowest BCUT2D eigenvalue weighted by atomic mass is 10.1. The van der Waals surface area contributed by atoms with E-state index in [4.69, 9.17) is 14.2 Å². The largest absolute Gasteiger partial charge is 0.462 e. The Morgan fingerprint density at radius 1 is 0.313 bits per heavy atom. The molecule has 0 fully saturated rings. The number of hydrogen-bond acceptors (Lipinski definition) is 6. The van der Waals surface area contributed by atoms with Gasteiger partial charge in [-0.25, -0.2) is 0 Å². The van der Waals surface area contributed by atoms with Crippen molar-refractivity contribution in [3.8, 4) is 0 Å². The minimum atomic E-state index is -0.803. The van der Waals surface area contributed by atoms with Gasteiger partial charge in [0.25, 0.3) is 0 Å². The van der Waals surface area contributed by atoms with Crippen molar-refractivity contribution in [2.75, 3.05) is 13.2 Å². The maximum Gasteiger partial charge on any atom is 0.306 e. The lowest BCUT2D eigenvalue weighted by Crippen LogP contribution is -2.30. The maximum absolute atomic E-state index is 12.8. The molecule has 0 aromatic heterocycles. The summed E-state index contributed by atoms with van der Waals surface area (Å²) in [5.74, 6) is -0.972. The van der Waals surface area contributed by atoms with Gasteiger partial charge in [-0.3, -0.25) is 14.4 Å². The van der Waals surface area contributed by atoms with Crippen molar-refractivity contribution in [2.45, 2.75) is 284 Å². The van der Waals surface area contributed by atoms with Crippen LogP contribution in [0.2, 0.25) is 0 Å². The Morgan fingerprint density at radius 2 is 0.612 bits per heavy atom. The van der Waals surface area contributed by atoms with Crippen LogP contribution in [0, 0.1) is 0 Å². The number of allylic oxidation sites excluding steroid dienone is 12. The molecule has 0 N–H and O–H groups in total. The topological polar surface area (TPSA) is 78.9 Å². The highest BCUT2D eigenvalue weighted by Gasteiger charge is 2.19. The lowest BCUT2D eigenvalue weighted by Gasteiger charge is -2.18. The molecule has 0 aliphatic heterocycles. The molecule has 0 saturated carbocycles. The van der Waals surface area contributed by atoms with Gasteiger partial charge in [-0.15, -0.1) is 0 Å². The van der Waals surface area contributed by atoms with Crippen LogP contribution in [0.1, 0.15) is 278 Å². The van der Waals surface area contributed by atoms with Crippen LogP contribution < -0.4 is 0 Å². The molecule has 0 bridgehead atoms. The van der Waals surface area contributed by atoms with E-state index in [0.29, 0.717) is 19.3 Å². The Morgan fingerprint density at radius 3 is 1.03 bits per heavy atom. The third-order valence-corrected chi connectivity index (χ3v) is 12.2. The van der Waals surface area contributed by atoms with Crippen LogP contribution in [0.15, 0.2) is 72.9 Å². The third kappa shape index (κ3) is 53.7. The molecule has 0 aliphatic rings. The standard InChI is InChI=1S/C61H106O6/c1-4-7-10-13-16-19-22-25-27-29-30-32-33-36-39-42-45-48-51-54-60(63)66-57-58(56-65-59(62)53-50-47-44-41-38-35-24-21-18-15-12-9-6-3)67-61(64)55-52-49-46-43-40-37-34-31-28-26-23-20-17-14-11-8-5-2/h16-17,19-20,22,25-26,28,35,38,44,47,58H,4-15,18,21,23-24,27,29-34,36-37,39-43,45-46,48-57H2,1-3H3/b19-16+,20-17+,25-22+,28-26+,38-35+,47-44+. The van der Waals surface area contributed by atoms with Gasteiger partial charge in [0.1, 0.15) is 13.2 Å². The molecule has 0 rings (SSSR count). The Labute approximate surface area is 414 Å². The van der Waals surface area contributed by atoms with Crippen LogP contribution in [-0.4, -0.2) is 37.2 Å². The monoisotopic (exact) mass is 935 g/mol. The summed E-state index contributed by atoms with van der Waals surface area (Å²) in [4.78, 5) is 38.1. The summed E-state index contributed by atoms with van der Waals surface area (Å²) >= 11 is 0. The first kappa shape index (κ1) is 63.8. The predicted molar refractivity (Wildman–Crippen MR) is 288 cm³/mol. The van der Waals surface area contributed by atoms with Crippen LogP contribution in [0.25, 0.3) is 0 Å². The molecule has 0 heterocycles. The first-order valence-corrected chi connectivity index (χ1v) is 28.5. The van der Waals surface area contributed by atoms with Crippen LogP contribution >= 0.6 is 0 Å². The smallest absolute Gasteiger partial charge is 0.306 e. The Hall–Kier alpha value is -3.15. The molecule has 1 atom stereocenters. The quantitative estimate of drug-likeness (QED) is 0.0199. The van der Waals surface area contributed by atoms with Gasteiger partial charge in [-0.05, 0) is 96.3 Å². The zero-order chi connectivity index (χ0) is 48.6.